The Kier molecular flexibility index (Phi) is 14.7. The summed E-state index contributed by atoms with van der Waals surface area (Å²) in [6.45, 7) is 7.19. The van der Waals surface area contributed by atoms with Gasteiger partial charge in [0.25, 0.3) is 0 Å². The van der Waals surface area contributed by atoms with E-state index < -0.39 is 24.3 Å². The van der Waals surface area contributed by atoms with Gasteiger partial charge in [-0.15, -0.1) is 0 Å². The van der Waals surface area contributed by atoms with E-state index in [1.165, 1.54) is 11.8 Å². The number of aryl methyl sites for hydroxylation is 2. The van der Waals surface area contributed by atoms with Gasteiger partial charge in [-0.2, -0.15) is 11.8 Å². The molecule has 1 aliphatic heterocycles. The molecule has 206 valence electrons. The molecule has 11 nitrogen and oxygen atoms in total. The molecule has 1 aromatic heterocycles. The largest absolute Gasteiger partial charge is 0.481 e. The van der Waals surface area contributed by atoms with E-state index in [1.807, 2.05) is 55.3 Å². The van der Waals surface area contributed by atoms with Gasteiger partial charge in [0, 0.05) is 19.9 Å². The number of carbonyl (C=O) groups excluding carboxylic acids is 1. The number of carbonyl (C=O) groups is 2. The van der Waals surface area contributed by atoms with Crippen LogP contribution in [0.2, 0.25) is 0 Å². The molecular weight excluding hydrogens is 488 g/mol. The van der Waals surface area contributed by atoms with Gasteiger partial charge in [-0.3, -0.25) is 14.3 Å². The molecule has 0 aromatic carbocycles. The van der Waals surface area contributed by atoms with Crippen LogP contribution in [0.4, 0.5) is 0 Å². The summed E-state index contributed by atoms with van der Waals surface area (Å²) >= 11 is 1.52. The summed E-state index contributed by atoms with van der Waals surface area (Å²) in [6, 6.07) is 0. The Labute approximate surface area is 219 Å². The van der Waals surface area contributed by atoms with Gasteiger partial charge in [0.1, 0.15) is 18.6 Å². The van der Waals surface area contributed by atoms with Crippen molar-refractivity contribution in [2.75, 3.05) is 65.8 Å². The number of thioether (sulfide) groups is 1. The van der Waals surface area contributed by atoms with Crippen molar-refractivity contribution < 1.29 is 42.7 Å². The number of quaternary nitrogens is 1. The number of hydrogen-bond acceptors (Lipinski definition) is 8. The molecule has 1 aliphatic rings. The molecule has 36 heavy (non-hydrogen) atoms. The Morgan fingerprint density at radius 3 is 2.42 bits per heavy atom. The highest BCUT2D eigenvalue weighted by Crippen LogP contribution is 2.36. The fourth-order valence-electron chi connectivity index (χ4n) is 3.69. The third-order valence-corrected chi connectivity index (χ3v) is 6.27. The van der Waals surface area contributed by atoms with Gasteiger partial charge in [-0.25, -0.2) is 13.6 Å². The molecule has 0 bridgehead atoms. The van der Waals surface area contributed by atoms with Crippen LogP contribution in [0.15, 0.2) is 31.1 Å². The number of hydrogen-bond donors (Lipinski definition) is 1. The Hall–Kier alpha value is -2.12. The number of nitrogens with zero attached hydrogens (tertiary/aromatic N) is 4. The molecule has 12 heteroatoms. The smallest absolute Gasteiger partial charge is 0.380 e. The lowest BCUT2D eigenvalue weighted by Crippen LogP contribution is -2.66. The van der Waals surface area contributed by atoms with Crippen LogP contribution in [-0.4, -0.2) is 103 Å². The highest BCUT2D eigenvalue weighted by Gasteiger charge is 2.58. The summed E-state index contributed by atoms with van der Waals surface area (Å²) in [7, 11) is 5.48. The second-order valence-corrected chi connectivity index (χ2v) is 9.40. The van der Waals surface area contributed by atoms with Gasteiger partial charge in [-0.05, 0) is 20.1 Å². The monoisotopic (exact) mass is 532 g/mol. The van der Waals surface area contributed by atoms with Crippen LogP contribution in [0.3, 0.4) is 0 Å². The predicted molar refractivity (Wildman–Crippen MR) is 137 cm³/mol. The number of methoxy groups -OCH3 is 1. The number of aliphatic carboxylic acids is 1. The van der Waals surface area contributed by atoms with Crippen molar-refractivity contribution in [1.29, 1.82) is 0 Å². The van der Waals surface area contributed by atoms with Crippen LogP contribution >= 0.6 is 11.8 Å². The van der Waals surface area contributed by atoms with Crippen LogP contribution in [0, 0.1) is 0 Å². The van der Waals surface area contributed by atoms with Crippen LogP contribution in [-0.2, 0) is 42.1 Å². The summed E-state index contributed by atoms with van der Waals surface area (Å²) in [6.07, 6.45) is 11.4. The number of carboxylic acid groups (broad SMARTS) is 1. The minimum Gasteiger partial charge on any atom is -0.481 e. The second-order valence-electron chi connectivity index (χ2n) is 8.41. The number of rotatable bonds is 16. The van der Waals surface area contributed by atoms with E-state index in [0.717, 1.165) is 6.54 Å². The van der Waals surface area contributed by atoms with Gasteiger partial charge in [0.15, 0.2) is 13.1 Å². The highest BCUT2D eigenvalue weighted by molar-refractivity contribution is 7.98. The van der Waals surface area contributed by atoms with Crippen molar-refractivity contribution in [1.82, 2.24) is 9.47 Å². The Balaban J connectivity index is 0.000000681. The summed E-state index contributed by atoms with van der Waals surface area (Å²) in [4.78, 5) is 26.1. The molecule has 0 amide bonds. The summed E-state index contributed by atoms with van der Waals surface area (Å²) < 4.78 is 26.3. The quantitative estimate of drug-likeness (QED) is 0.112. The van der Waals surface area contributed by atoms with Gasteiger partial charge in [0.05, 0.1) is 59.2 Å². The van der Waals surface area contributed by atoms with E-state index in [1.54, 1.807) is 7.11 Å². The predicted octanol–water partition coefficient (Wildman–Crippen LogP) is 1.63. The first-order chi connectivity index (χ1) is 17.2. The molecule has 1 aromatic rings. The fraction of sp³-hybridized carbons (Fsp3) is 0.708. The average molecular weight is 533 g/mol. The van der Waals surface area contributed by atoms with Crippen molar-refractivity contribution in [3.63, 3.8) is 0 Å². The van der Waals surface area contributed by atoms with Gasteiger partial charge < -0.3 is 24.2 Å². The van der Waals surface area contributed by atoms with E-state index in [0.29, 0.717) is 32.2 Å². The number of ether oxygens (including phenoxy) is 4. The van der Waals surface area contributed by atoms with Crippen molar-refractivity contribution in [2.24, 2.45) is 7.05 Å². The molecule has 0 saturated heterocycles. The highest BCUT2D eigenvalue weighted by atomic mass is 32.2. The molecule has 2 heterocycles. The second kappa shape index (κ2) is 16.6. The molecule has 0 saturated carbocycles. The molecule has 0 fully saturated rings. The first kappa shape index (κ1) is 31.9. The molecule has 0 aliphatic carbocycles. The lowest BCUT2D eigenvalue weighted by atomic mass is 10.2. The molecular formula is C24H44N4O7S+2. The molecule has 2 atom stereocenters. The number of carboxylic acids is 1. The van der Waals surface area contributed by atoms with Gasteiger partial charge >= 0.3 is 17.8 Å². The maximum absolute atomic E-state index is 12.5. The number of aromatic nitrogens is 2. The molecule has 2 rings (SSSR count). The Bertz CT molecular complexity index is 822. The van der Waals surface area contributed by atoms with Gasteiger partial charge in [0.2, 0.25) is 6.33 Å². The summed E-state index contributed by atoms with van der Waals surface area (Å²) in [5.41, 5.74) is 0. The first-order valence-electron chi connectivity index (χ1n) is 12.1. The SMILES string of the molecule is CC[N+]1(C(CC(=O)O)(OCCOCCOC)OC(=O)CCSC)C=CN(C)C1.CCn1cc[n+](C)c1. The Morgan fingerprint density at radius 2 is 1.94 bits per heavy atom. The zero-order chi connectivity index (χ0) is 27.0. The number of imidazole rings is 1. The lowest BCUT2D eigenvalue weighted by Gasteiger charge is -2.45. The topological polar surface area (TPSA) is 103 Å². The lowest BCUT2D eigenvalue weighted by molar-refractivity contribution is -0.982. The van der Waals surface area contributed by atoms with Crippen molar-refractivity contribution >= 4 is 23.7 Å². The van der Waals surface area contributed by atoms with E-state index >= 15 is 0 Å². The normalized spacial score (nSPS) is 18.4. The minimum absolute atomic E-state index is 0.0544. The zero-order valence-corrected chi connectivity index (χ0v) is 23.4. The van der Waals surface area contributed by atoms with E-state index in [4.69, 9.17) is 18.9 Å². The molecule has 0 spiro atoms. The van der Waals surface area contributed by atoms with Crippen molar-refractivity contribution in [2.45, 2.75) is 39.1 Å². The summed E-state index contributed by atoms with van der Waals surface area (Å²) in [5, 5.41) is 9.58. The minimum atomic E-state index is -1.66. The van der Waals surface area contributed by atoms with Crippen molar-refractivity contribution in [3.05, 3.63) is 31.1 Å². The first-order valence-corrected chi connectivity index (χ1v) is 13.5. The van der Waals surface area contributed by atoms with E-state index in [2.05, 4.69) is 24.0 Å². The van der Waals surface area contributed by atoms with Gasteiger partial charge in [-0.1, -0.05) is 0 Å². The van der Waals surface area contributed by atoms with Crippen LogP contribution < -0.4 is 4.57 Å². The van der Waals surface area contributed by atoms with E-state index in [-0.39, 0.29) is 24.1 Å². The van der Waals surface area contributed by atoms with Crippen LogP contribution in [0.5, 0.6) is 0 Å². The maximum atomic E-state index is 12.5. The third-order valence-electron chi connectivity index (χ3n) is 5.66. The Morgan fingerprint density at radius 1 is 1.22 bits per heavy atom. The van der Waals surface area contributed by atoms with Crippen LogP contribution in [0.1, 0.15) is 26.7 Å². The van der Waals surface area contributed by atoms with Crippen LogP contribution in [0.25, 0.3) is 0 Å². The standard InChI is InChI=1S/C18H32N2O7S.C6H11N2/c1-5-20(8-7-19(2)15-20)18(14-16(21)22,27-17(23)6-13-28-4)26-12-11-25-10-9-24-3;1-3-8-5-4-7(2)6-8/h7-8H,5-6,9-15H2,1-4H3;4-6H,3H2,1-2H3/q;+1/p+1. The average Bonchev–Trinajstić information content (AvgIpc) is 3.45. The third kappa shape index (κ3) is 10.1. The van der Waals surface area contributed by atoms with Crippen molar-refractivity contribution in [3.8, 4) is 0 Å². The van der Waals surface area contributed by atoms with E-state index in [9.17, 15) is 14.7 Å². The zero-order valence-electron chi connectivity index (χ0n) is 22.6. The molecule has 1 N–H and O–H groups in total. The summed E-state index contributed by atoms with van der Waals surface area (Å²) in [5.74, 6) is -2.66. The number of esters is 1. The molecule has 2 unspecified atom stereocenters. The molecule has 0 radical (unpaired) electrons. The maximum Gasteiger partial charge on any atom is 0.380 e. The fourth-order valence-corrected chi connectivity index (χ4v) is 4.06.